The molecule has 5 nitrogen and oxygen atoms in total. The van der Waals surface area contributed by atoms with Gasteiger partial charge in [-0.1, -0.05) is 18.7 Å². The van der Waals surface area contributed by atoms with Crippen LogP contribution >= 0.6 is 22.6 Å². The van der Waals surface area contributed by atoms with Crippen LogP contribution in [-0.2, 0) is 4.74 Å². The fourth-order valence-electron chi connectivity index (χ4n) is 1.71. The third-order valence-electron chi connectivity index (χ3n) is 2.59. The molecule has 0 saturated carbocycles. The van der Waals surface area contributed by atoms with Crippen molar-refractivity contribution in [2.24, 2.45) is 5.73 Å². The van der Waals surface area contributed by atoms with Crippen molar-refractivity contribution in [3.63, 3.8) is 0 Å². The van der Waals surface area contributed by atoms with Crippen LogP contribution in [-0.4, -0.2) is 22.8 Å². The van der Waals surface area contributed by atoms with Gasteiger partial charge < -0.3 is 15.6 Å². The molecule has 2 rings (SSSR count). The van der Waals surface area contributed by atoms with E-state index in [-0.39, 0.29) is 12.4 Å². The molecule has 0 aliphatic carbocycles. The first-order valence-electron chi connectivity index (χ1n) is 5.37. The molecule has 0 aliphatic heterocycles. The molecule has 1 aromatic heterocycles. The second-order valence-corrected chi connectivity index (χ2v) is 5.03. The van der Waals surface area contributed by atoms with Crippen LogP contribution < -0.4 is 5.73 Å². The molecule has 6 heteroatoms. The number of carbonyl (C=O) groups excluding carboxylic acids is 1. The highest BCUT2D eigenvalue weighted by atomic mass is 127. The van der Waals surface area contributed by atoms with E-state index in [4.69, 9.17) is 10.5 Å². The number of pyridine rings is 1. The average molecular weight is 370 g/mol. The molecule has 1 heterocycles. The number of halogens is 1. The lowest BCUT2D eigenvalue weighted by Crippen LogP contribution is -2.14. The van der Waals surface area contributed by atoms with Crippen LogP contribution in [0.1, 0.15) is 5.56 Å². The summed E-state index contributed by atoms with van der Waals surface area (Å²) < 4.78 is 5.38. The maximum absolute atomic E-state index is 10.6. The first-order valence-corrected chi connectivity index (χ1v) is 6.45. The maximum atomic E-state index is 10.6. The van der Waals surface area contributed by atoms with Crippen molar-refractivity contribution in [3.05, 3.63) is 40.1 Å². The number of ether oxygens (including phenoxy) is 1. The number of rotatable bonds is 3. The van der Waals surface area contributed by atoms with E-state index in [0.29, 0.717) is 25.6 Å². The minimum Gasteiger partial charge on any atom is -0.506 e. The topological polar surface area (TPSA) is 85.4 Å². The molecule has 0 atom stereocenters. The lowest BCUT2D eigenvalue weighted by atomic mass is 10.0. The number of carbonyl (C=O) groups is 1. The molecule has 98 valence electrons. The molecule has 2 aromatic rings. The normalized spacial score (nSPS) is 10.4. The molecule has 0 saturated heterocycles. The van der Waals surface area contributed by atoms with Gasteiger partial charge in [-0.25, -0.2) is 4.79 Å². The van der Waals surface area contributed by atoms with Gasteiger partial charge in [0.1, 0.15) is 12.4 Å². The van der Waals surface area contributed by atoms with Gasteiger partial charge in [0.2, 0.25) is 0 Å². The predicted octanol–water partition coefficient (Wildman–Crippen LogP) is 2.65. The van der Waals surface area contributed by atoms with Crippen LogP contribution in [0.2, 0.25) is 0 Å². The summed E-state index contributed by atoms with van der Waals surface area (Å²) in [5, 5.41) is 10.6. The largest absolute Gasteiger partial charge is 0.506 e. The van der Waals surface area contributed by atoms with Gasteiger partial charge in [0.15, 0.2) is 0 Å². The fraction of sp³-hybridized carbons (Fsp3) is 0.0769. The number of primary amides is 1. The smallest absolute Gasteiger partial charge is 0.404 e. The molecule has 3 N–H and O–H groups in total. The second-order valence-electron chi connectivity index (χ2n) is 3.87. The number of nitrogens with zero attached hydrogens (tertiary/aromatic N) is 1. The molecular formula is C13H11IN2O3. The van der Waals surface area contributed by atoms with Crippen LogP contribution in [0.5, 0.6) is 5.75 Å². The Kier molecular flexibility index (Phi) is 3.89. The Balaban J connectivity index is 2.47. The van der Waals surface area contributed by atoms with Crippen LogP contribution in [0.4, 0.5) is 4.79 Å². The SMILES string of the molecule is C=C(COC(N)=O)c1cccc2c(O)c(I)cnc12. The first-order chi connectivity index (χ1) is 9.00. The average Bonchev–Trinajstić information content (AvgIpc) is 2.39. The predicted molar refractivity (Wildman–Crippen MR) is 80.7 cm³/mol. The van der Waals surface area contributed by atoms with Crippen molar-refractivity contribution in [1.82, 2.24) is 4.98 Å². The molecule has 19 heavy (non-hydrogen) atoms. The van der Waals surface area contributed by atoms with E-state index >= 15 is 0 Å². The number of hydrogen-bond acceptors (Lipinski definition) is 4. The van der Waals surface area contributed by atoms with E-state index in [1.807, 2.05) is 22.6 Å². The van der Waals surface area contributed by atoms with Gasteiger partial charge in [-0.2, -0.15) is 0 Å². The molecule has 0 radical (unpaired) electrons. The molecule has 1 amide bonds. The minimum absolute atomic E-state index is 0.0110. The molecule has 0 unspecified atom stereocenters. The van der Waals surface area contributed by atoms with Gasteiger partial charge in [0, 0.05) is 17.1 Å². The van der Waals surface area contributed by atoms with E-state index in [9.17, 15) is 9.90 Å². The van der Waals surface area contributed by atoms with Crippen molar-refractivity contribution in [1.29, 1.82) is 0 Å². The van der Waals surface area contributed by atoms with E-state index in [0.717, 1.165) is 0 Å². The number of nitrogens with two attached hydrogens (primary N) is 1. The van der Waals surface area contributed by atoms with Crippen LogP contribution in [0.3, 0.4) is 0 Å². The maximum Gasteiger partial charge on any atom is 0.404 e. The zero-order chi connectivity index (χ0) is 14.0. The Hall–Kier alpha value is -1.83. The number of aromatic hydroxyl groups is 1. The highest BCUT2D eigenvalue weighted by Gasteiger charge is 2.11. The van der Waals surface area contributed by atoms with Crippen molar-refractivity contribution in [2.75, 3.05) is 6.61 Å². The highest BCUT2D eigenvalue weighted by molar-refractivity contribution is 14.1. The summed E-state index contributed by atoms with van der Waals surface area (Å²) >= 11 is 2.01. The van der Waals surface area contributed by atoms with Crippen molar-refractivity contribution in [2.45, 2.75) is 0 Å². The Labute approximate surface area is 123 Å². The summed E-state index contributed by atoms with van der Waals surface area (Å²) in [5.41, 5.74) is 6.81. The summed E-state index contributed by atoms with van der Waals surface area (Å²) in [6.07, 6.45) is 0.718. The quantitative estimate of drug-likeness (QED) is 0.814. The Morgan fingerprint density at radius 3 is 2.95 bits per heavy atom. The molecular weight excluding hydrogens is 359 g/mol. The van der Waals surface area contributed by atoms with Crippen molar-refractivity contribution >= 4 is 45.2 Å². The van der Waals surface area contributed by atoms with Gasteiger partial charge in [-0.15, -0.1) is 0 Å². The summed E-state index contributed by atoms with van der Waals surface area (Å²) in [6.45, 7) is 3.83. The van der Waals surface area contributed by atoms with Crippen LogP contribution in [0, 0.1) is 3.57 Å². The Morgan fingerprint density at radius 1 is 1.53 bits per heavy atom. The number of benzene rings is 1. The van der Waals surface area contributed by atoms with Gasteiger partial charge in [-0.3, -0.25) is 4.98 Å². The summed E-state index contributed by atoms with van der Waals surface area (Å²) in [7, 11) is 0. The first kappa shape index (κ1) is 13.6. The Morgan fingerprint density at radius 2 is 2.26 bits per heavy atom. The summed E-state index contributed by atoms with van der Waals surface area (Å²) in [6, 6.07) is 5.35. The summed E-state index contributed by atoms with van der Waals surface area (Å²) in [5.74, 6) is 0.177. The highest BCUT2D eigenvalue weighted by Crippen LogP contribution is 2.31. The van der Waals surface area contributed by atoms with Gasteiger partial charge in [0.25, 0.3) is 0 Å². The van der Waals surface area contributed by atoms with Gasteiger partial charge >= 0.3 is 6.09 Å². The zero-order valence-electron chi connectivity index (χ0n) is 9.89. The zero-order valence-corrected chi connectivity index (χ0v) is 12.0. The number of amides is 1. The van der Waals surface area contributed by atoms with Crippen molar-refractivity contribution < 1.29 is 14.6 Å². The molecule has 0 aliphatic rings. The van der Waals surface area contributed by atoms with Gasteiger partial charge in [-0.05, 0) is 34.2 Å². The monoisotopic (exact) mass is 370 g/mol. The molecule has 0 fully saturated rings. The number of hydrogen-bond donors (Lipinski definition) is 2. The number of aromatic nitrogens is 1. The van der Waals surface area contributed by atoms with Crippen LogP contribution in [0.25, 0.3) is 16.5 Å². The lowest BCUT2D eigenvalue weighted by molar-refractivity contribution is 0.171. The Bertz CT molecular complexity index is 670. The van der Waals surface area contributed by atoms with Crippen molar-refractivity contribution in [3.8, 4) is 5.75 Å². The number of para-hydroxylation sites is 1. The third kappa shape index (κ3) is 2.78. The third-order valence-corrected chi connectivity index (χ3v) is 3.38. The lowest BCUT2D eigenvalue weighted by Gasteiger charge is -2.10. The molecule has 0 spiro atoms. The minimum atomic E-state index is -0.855. The van der Waals surface area contributed by atoms with E-state index in [2.05, 4.69) is 11.6 Å². The van der Waals surface area contributed by atoms with E-state index in [1.54, 1.807) is 24.4 Å². The standard InChI is InChI=1S/C13H11IN2O3/c1-7(6-19-13(15)18)8-3-2-4-9-11(8)16-5-10(14)12(9)17/h2-5H,1,6H2,(H2,15,18)(H,16,17). The number of fused-ring (bicyclic) bond motifs is 1. The van der Waals surface area contributed by atoms with Crippen LogP contribution in [0.15, 0.2) is 31.0 Å². The fourth-order valence-corrected chi connectivity index (χ4v) is 2.14. The molecule has 0 bridgehead atoms. The van der Waals surface area contributed by atoms with E-state index in [1.165, 1.54) is 0 Å². The second kappa shape index (κ2) is 5.43. The summed E-state index contributed by atoms with van der Waals surface area (Å²) in [4.78, 5) is 14.9. The molecule has 1 aromatic carbocycles. The van der Waals surface area contributed by atoms with E-state index < -0.39 is 6.09 Å². The van der Waals surface area contributed by atoms with Gasteiger partial charge in [0.05, 0.1) is 9.09 Å².